The van der Waals surface area contributed by atoms with E-state index in [1.165, 1.54) is 24.3 Å². The van der Waals surface area contributed by atoms with Gasteiger partial charge in [-0.15, -0.1) is 0 Å². The largest absolute Gasteiger partial charge is 0.459 e. The molecule has 1 atom stereocenters. The Balaban J connectivity index is 1.72. The van der Waals surface area contributed by atoms with E-state index in [1.54, 1.807) is 12.1 Å². The van der Waals surface area contributed by atoms with E-state index in [9.17, 15) is 23.3 Å². The van der Waals surface area contributed by atoms with Crippen LogP contribution in [-0.2, 0) is 26.0 Å². The van der Waals surface area contributed by atoms with E-state index in [2.05, 4.69) is 0 Å². The van der Waals surface area contributed by atoms with Crippen LogP contribution in [0, 0.1) is 10.1 Å². The fraction of sp³-hybridized carbons (Fsp3) is 0.316. The Hall–Kier alpha value is -2.78. The van der Waals surface area contributed by atoms with E-state index < -0.39 is 26.8 Å². The molecule has 28 heavy (non-hydrogen) atoms. The van der Waals surface area contributed by atoms with Gasteiger partial charge in [-0.2, -0.15) is 0 Å². The quantitative estimate of drug-likeness (QED) is 0.412. The lowest BCUT2D eigenvalue weighted by Crippen LogP contribution is -2.45. The SMILES string of the molecule is O=C(OCc1ccc([N+](=O)[O-])cc1)C(c1ccccc1)N1CCS(=O)(=O)CC1. The number of carbonyl (C=O) groups excluding carboxylic acids is 1. The molecule has 0 radical (unpaired) electrons. The first-order chi connectivity index (χ1) is 13.4. The molecule has 9 heteroatoms. The normalized spacial score (nSPS) is 17.6. The number of ether oxygens (including phenoxy) is 1. The van der Waals surface area contributed by atoms with Gasteiger partial charge in [-0.3, -0.25) is 15.0 Å². The van der Waals surface area contributed by atoms with Crippen molar-refractivity contribution in [2.24, 2.45) is 0 Å². The number of rotatable bonds is 6. The Labute approximate surface area is 162 Å². The van der Waals surface area contributed by atoms with Crippen molar-refractivity contribution in [2.45, 2.75) is 12.6 Å². The Morgan fingerprint density at radius 3 is 2.25 bits per heavy atom. The molecule has 0 aliphatic carbocycles. The molecular weight excluding hydrogens is 384 g/mol. The Kier molecular flexibility index (Phi) is 6.05. The number of nitro groups is 1. The number of sulfone groups is 1. The van der Waals surface area contributed by atoms with Gasteiger partial charge in [0.05, 0.1) is 16.4 Å². The molecule has 1 aliphatic heterocycles. The molecule has 1 saturated heterocycles. The van der Waals surface area contributed by atoms with E-state index in [0.29, 0.717) is 5.56 Å². The molecule has 0 aromatic heterocycles. The number of nitrogens with zero attached hydrogens (tertiary/aromatic N) is 2. The number of benzene rings is 2. The Morgan fingerprint density at radius 1 is 1.07 bits per heavy atom. The summed E-state index contributed by atoms with van der Waals surface area (Å²) in [6.45, 7) is 0.495. The number of nitro benzene ring substituents is 1. The minimum Gasteiger partial charge on any atom is -0.459 e. The Morgan fingerprint density at radius 2 is 1.68 bits per heavy atom. The van der Waals surface area contributed by atoms with Crippen molar-refractivity contribution < 1.29 is 22.9 Å². The summed E-state index contributed by atoms with van der Waals surface area (Å²) in [4.78, 5) is 24.9. The Bertz CT molecular complexity index is 930. The van der Waals surface area contributed by atoms with E-state index in [1.807, 2.05) is 23.1 Å². The minimum absolute atomic E-state index is 0.00592. The van der Waals surface area contributed by atoms with E-state index in [-0.39, 0.29) is 36.9 Å². The molecule has 3 rings (SSSR count). The van der Waals surface area contributed by atoms with Crippen molar-refractivity contribution in [2.75, 3.05) is 24.6 Å². The van der Waals surface area contributed by atoms with Crippen molar-refractivity contribution in [1.82, 2.24) is 4.90 Å². The third-order valence-electron chi connectivity index (χ3n) is 4.61. The highest BCUT2D eigenvalue weighted by atomic mass is 32.2. The average molecular weight is 404 g/mol. The van der Waals surface area contributed by atoms with Crippen molar-refractivity contribution >= 4 is 21.5 Å². The first-order valence-electron chi connectivity index (χ1n) is 8.75. The number of hydrogen-bond acceptors (Lipinski definition) is 7. The van der Waals surface area contributed by atoms with Crippen molar-refractivity contribution in [3.63, 3.8) is 0 Å². The zero-order valence-electron chi connectivity index (χ0n) is 15.1. The maximum atomic E-state index is 12.8. The predicted octanol–water partition coefficient (Wildman–Crippen LogP) is 2.11. The number of esters is 1. The van der Waals surface area contributed by atoms with Crippen LogP contribution < -0.4 is 0 Å². The summed E-state index contributed by atoms with van der Waals surface area (Å²) >= 11 is 0. The smallest absolute Gasteiger partial charge is 0.328 e. The molecule has 2 aromatic rings. The van der Waals surface area contributed by atoms with Gasteiger partial charge in [0.15, 0.2) is 9.84 Å². The average Bonchev–Trinajstić information content (AvgIpc) is 2.69. The van der Waals surface area contributed by atoms with Crippen LogP contribution in [0.25, 0.3) is 0 Å². The highest BCUT2D eigenvalue weighted by Gasteiger charge is 2.33. The second kappa shape index (κ2) is 8.49. The molecule has 8 nitrogen and oxygen atoms in total. The van der Waals surface area contributed by atoms with E-state index >= 15 is 0 Å². The topological polar surface area (TPSA) is 107 Å². The highest BCUT2D eigenvalue weighted by Crippen LogP contribution is 2.25. The lowest BCUT2D eigenvalue weighted by Gasteiger charge is -2.33. The van der Waals surface area contributed by atoms with Gasteiger partial charge >= 0.3 is 5.97 Å². The molecule has 0 N–H and O–H groups in total. The van der Waals surface area contributed by atoms with Gasteiger partial charge in [0.25, 0.3) is 5.69 Å². The summed E-state index contributed by atoms with van der Waals surface area (Å²) in [6, 6.07) is 14.2. The first-order valence-corrected chi connectivity index (χ1v) is 10.6. The summed E-state index contributed by atoms with van der Waals surface area (Å²) in [5.74, 6) is -0.471. The van der Waals surface area contributed by atoms with Gasteiger partial charge in [-0.05, 0) is 23.3 Å². The van der Waals surface area contributed by atoms with Gasteiger partial charge in [-0.1, -0.05) is 30.3 Å². The lowest BCUT2D eigenvalue weighted by atomic mass is 10.1. The second-order valence-electron chi connectivity index (χ2n) is 6.53. The van der Waals surface area contributed by atoms with Crippen LogP contribution in [0.3, 0.4) is 0 Å². The van der Waals surface area contributed by atoms with Crippen LogP contribution in [0.1, 0.15) is 17.2 Å². The molecular formula is C19H20N2O6S. The van der Waals surface area contributed by atoms with Crippen molar-refractivity contribution in [1.29, 1.82) is 0 Å². The van der Waals surface area contributed by atoms with Crippen LogP contribution in [0.5, 0.6) is 0 Å². The van der Waals surface area contributed by atoms with Gasteiger partial charge < -0.3 is 4.74 Å². The number of hydrogen-bond donors (Lipinski definition) is 0. The van der Waals surface area contributed by atoms with Crippen LogP contribution in [-0.4, -0.2) is 48.8 Å². The minimum atomic E-state index is -3.07. The summed E-state index contributed by atoms with van der Waals surface area (Å²) in [5.41, 5.74) is 1.33. The molecule has 0 saturated carbocycles. The maximum absolute atomic E-state index is 12.8. The summed E-state index contributed by atoms with van der Waals surface area (Å²) in [7, 11) is -3.07. The summed E-state index contributed by atoms with van der Waals surface area (Å²) in [6.07, 6.45) is 0. The van der Waals surface area contributed by atoms with Crippen molar-refractivity contribution in [3.05, 3.63) is 75.8 Å². The summed E-state index contributed by atoms with van der Waals surface area (Å²) < 4.78 is 28.9. The van der Waals surface area contributed by atoms with Gasteiger partial charge in [0.1, 0.15) is 12.6 Å². The van der Waals surface area contributed by atoms with Gasteiger partial charge in [0, 0.05) is 25.2 Å². The van der Waals surface area contributed by atoms with E-state index in [4.69, 9.17) is 4.74 Å². The highest BCUT2D eigenvalue weighted by molar-refractivity contribution is 7.91. The van der Waals surface area contributed by atoms with Gasteiger partial charge in [-0.25, -0.2) is 13.2 Å². The number of non-ortho nitro benzene ring substituents is 1. The summed E-state index contributed by atoms with van der Waals surface area (Å²) in [5, 5.41) is 10.7. The molecule has 2 aromatic carbocycles. The molecule has 0 spiro atoms. The molecule has 1 unspecified atom stereocenters. The third kappa shape index (κ3) is 4.93. The zero-order valence-corrected chi connectivity index (χ0v) is 15.9. The van der Waals surface area contributed by atoms with Crippen LogP contribution in [0.15, 0.2) is 54.6 Å². The molecule has 0 amide bonds. The van der Waals surface area contributed by atoms with Crippen LogP contribution >= 0.6 is 0 Å². The standard InChI is InChI=1S/C19H20N2O6S/c22-19(27-14-15-6-8-17(9-7-15)21(23)24)18(16-4-2-1-3-5-16)20-10-12-28(25,26)13-11-20/h1-9,18H,10-14H2. The molecule has 1 fully saturated rings. The predicted molar refractivity (Wildman–Crippen MR) is 102 cm³/mol. The third-order valence-corrected chi connectivity index (χ3v) is 6.22. The first kappa shape index (κ1) is 20.0. The van der Waals surface area contributed by atoms with Gasteiger partial charge in [0.2, 0.25) is 0 Å². The van der Waals surface area contributed by atoms with E-state index in [0.717, 1.165) is 5.56 Å². The molecule has 148 valence electrons. The molecule has 0 bridgehead atoms. The maximum Gasteiger partial charge on any atom is 0.328 e. The molecule has 1 aliphatic rings. The zero-order chi connectivity index (χ0) is 20.1. The monoisotopic (exact) mass is 404 g/mol. The fourth-order valence-electron chi connectivity index (χ4n) is 3.06. The lowest BCUT2D eigenvalue weighted by molar-refractivity contribution is -0.384. The van der Waals surface area contributed by atoms with Crippen LogP contribution in [0.4, 0.5) is 5.69 Å². The fourth-order valence-corrected chi connectivity index (χ4v) is 4.29. The second-order valence-corrected chi connectivity index (χ2v) is 8.84. The number of carbonyl (C=O) groups is 1. The molecule has 1 heterocycles. The van der Waals surface area contributed by atoms with Crippen molar-refractivity contribution in [3.8, 4) is 0 Å². The van der Waals surface area contributed by atoms with Crippen LogP contribution in [0.2, 0.25) is 0 Å².